The molecule has 10 nitrogen and oxygen atoms in total. The molecule has 0 unspecified atom stereocenters. The number of anilines is 1. The topological polar surface area (TPSA) is 145 Å². The largest absolute Gasteiger partial charge is 0.384 e. The van der Waals surface area contributed by atoms with Crippen molar-refractivity contribution in [3.05, 3.63) is 53.7 Å². The zero-order chi connectivity index (χ0) is 21.1. The minimum atomic E-state index is -0.979. The van der Waals surface area contributed by atoms with Crippen molar-refractivity contribution in [1.29, 1.82) is 0 Å². The molecule has 3 heterocycles. The van der Waals surface area contributed by atoms with Gasteiger partial charge in [0.25, 0.3) is 16.7 Å². The maximum absolute atomic E-state index is 12.7. The van der Waals surface area contributed by atoms with Crippen molar-refractivity contribution < 1.29 is 19.1 Å². The van der Waals surface area contributed by atoms with Crippen LogP contribution in [-0.4, -0.2) is 51.6 Å². The summed E-state index contributed by atoms with van der Waals surface area (Å²) in [6, 6.07) is 3.59. The molecule has 29 heavy (non-hydrogen) atoms. The van der Waals surface area contributed by atoms with Crippen molar-refractivity contribution >= 4 is 51.9 Å². The van der Waals surface area contributed by atoms with Gasteiger partial charge in [0.15, 0.2) is 5.78 Å². The third-order valence-electron chi connectivity index (χ3n) is 4.03. The van der Waals surface area contributed by atoms with Crippen LogP contribution in [0.15, 0.2) is 32.0 Å². The van der Waals surface area contributed by atoms with Gasteiger partial charge < -0.3 is 10.5 Å². The van der Waals surface area contributed by atoms with E-state index in [4.69, 9.17) is 10.5 Å². The molecule has 0 aliphatic carbocycles. The molecule has 0 radical (unpaired) electrons. The first kappa shape index (κ1) is 20.8. The number of nitrogen functional groups attached to an aromatic ring is 1. The number of rotatable bonds is 7. The highest BCUT2D eigenvalue weighted by atomic mass is 32.2. The van der Waals surface area contributed by atoms with E-state index >= 15 is 0 Å². The van der Waals surface area contributed by atoms with Gasteiger partial charge in [0.05, 0.1) is 24.6 Å². The van der Waals surface area contributed by atoms with E-state index in [2.05, 4.69) is 0 Å². The Hall–Kier alpha value is -2.96. The predicted octanol–water partition coefficient (Wildman–Crippen LogP) is 0.746. The van der Waals surface area contributed by atoms with E-state index in [9.17, 15) is 24.0 Å². The number of aromatic amines is 1. The first-order valence-electron chi connectivity index (χ1n) is 8.27. The van der Waals surface area contributed by atoms with Gasteiger partial charge >= 0.3 is 5.69 Å². The summed E-state index contributed by atoms with van der Waals surface area (Å²) < 4.78 is 5.87. The molecule has 0 aromatic carbocycles. The first-order valence-corrected chi connectivity index (χ1v) is 9.96. The quantitative estimate of drug-likeness (QED) is 0.478. The predicted molar refractivity (Wildman–Crippen MR) is 109 cm³/mol. The van der Waals surface area contributed by atoms with Crippen LogP contribution < -0.4 is 17.0 Å². The number of nitrogens with one attached hydrogen (secondary N) is 1. The number of hydrogen-bond acceptors (Lipinski definition) is 9. The third kappa shape index (κ3) is 4.23. The van der Waals surface area contributed by atoms with Gasteiger partial charge in [0.2, 0.25) is 0 Å². The summed E-state index contributed by atoms with van der Waals surface area (Å²) in [4.78, 5) is 65.2. The number of ether oxygens (including phenoxy) is 1. The van der Waals surface area contributed by atoms with E-state index in [-0.39, 0.29) is 23.9 Å². The van der Waals surface area contributed by atoms with Crippen molar-refractivity contribution in [2.75, 3.05) is 26.0 Å². The zero-order valence-electron chi connectivity index (χ0n) is 15.2. The molecule has 1 saturated heterocycles. The van der Waals surface area contributed by atoms with Gasteiger partial charge in [0.1, 0.15) is 11.4 Å². The molecule has 3 rings (SSSR count). The zero-order valence-corrected chi connectivity index (χ0v) is 16.8. The molecular formula is C17H16N4O6S2. The Labute approximate surface area is 172 Å². The van der Waals surface area contributed by atoms with Gasteiger partial charge in [-0.15, -0.1) is 11.3 Å². The van der Waals surface area contributed by atoms with Gasteiger partial charge in [-0.3, -0.25) is 33.6 Å². The number of carbonyl (C=O) groups excluding carboxylic acids is 3. The molecule has 2 aromatic rings. The molecule has 12 heteroatoms. The van der Waals surface area contributed by atoms with E-state index in [0.29, 0.717) is 11.8 Å². The van der Waals surface area contributed by atoms with Crippen LogP contribution in [0, 0.1) is 0 Å². The number of amides is 2. The summed E-state index contributed by atoms with van der Waals surface area (Å²) in [6.45, 7) is -0.522. The van der Waals surface area contributed by atoms with Crippen LogP contribution in [0.25, 0.3) is 6.08 Å². The Bertz CT molecular complexity index is 1120. The Morgan fingerprint density at radius 1 is 1.31 bits per heavy atom. The SMILES string of the molecule is COCCn1c(N)c(C(=O)CN2C(=O)S/C(=C\c3cccs3)C2=O)c(=O)[nH]c1=O. The van der Waals surface area contributed by atoms with Crippen LogP contribution in [0.4, 0.5) is 10.6 Å². The fraction of sp³-hybridized carbons (Fsp3) is 0.235. The molecule has 0 bridgehead atoms. The summed E-state index contributed by atoms with van der Waals surface area (Å²) in [7, 11) is 1.42. The second-order valence-corrected chi connectivity index (χ2v) is 7.84. The molecule has 0 spiro atoms. The summed E-state index contributed by atoms with van der Waals surface area (Å²) in [6.07, 6.45) is 1.56. The molecule has 1 aliphatic rings. The third-order valence-corrected chi connectivity index (χ3v) is 5.76. The molecule has 2 aromatic heterocycles. The number of Topliss-reactive ketones (excluding diaryl/α,β-unsaturated/α-hetero) is 1. The average Bonchev–Trinajstić information content (AvgIpc) is 3.25. The van der Waals surface area contributed by atoms with Crippen LogP contribution in [-0.2, 0) is 16.1 Å². The van der Waals surface area contributed by atoms with E-state index < -0.39 is 40.3 Å². The lowest BCUT2D eigenvalue weighted by Crippen LogP contribution is -2.40. The fourth-order valence-corrected chi connectivity index (χ4v) is 4.18. The maximum atomic E-state index is 12.7. The van der Waals surface area contributed by atoms with E-state index in [1.165, 1.54) is 18.4 Å². The van der Waals surface area contributed by atoms with E-state index in [1.807, 2.05) is 10.4 Å². The van der Waals surface area contributed by atoms with E-state index in [0.717, 1.165) is 14.3 Å². The highest BCUT2D eigenvalue weighted by molar-refractivity contribution is 8.18. The lowest BCUT2D eigenvalue weighted by atomic mass is 10.2. The lowest BCUT2D eigenvalue weighted by Gasteiger charge is -2.14. The van der Waals surface area contributed by atoms with Crippen LogP contribution in [0.1, 0.15) is 15.2 Å². The number of thioether (sulfide) groups is 1. The molecule has 3 N–H and O–H groups in total. The standard InChI is InChI=1S/C17H16N4O6S2/c1-27-5-4-20-13(18)12(14(23)19-16(20)25)10(22)8-21-15(24)11(29-17(21)26)7-9-3-2-6-28-9/h2-3,6-7H,4-5,8,18H2,1H3,(H,19,23,25)/b11-7-. The number of hydrogen-bond donors (Lipinski definition) is 2. The molecule has 1 fully saturated rings. The minimum absolute atomic E-state index is 0.0172. The number of nitrogens with two attached hydrogens (primary N) is 1. The molecule has 1 aliphatic heterocycles. The first-order chi connectivity index (χ1) is 13.8. The van der Waals surface area contributed by atoms with E-state index in [1.54, 1.807) is 18.2 Å². The molecule has 2 amide bonds. The smallest absolute Gasteiger partial charge is 0.330 e. The molecule has 0 atom stereocenters. The van der Waals surface area contributed by atoms with Crippen LogP contribution in [0.2, 0.25) is 0 Å². The van der Waals surface area contributed by atoms with Crippen molar-refractivity contribution in [3.8, 4) is 0 Å². The van der Waals surface area contributed by atoms with Crippen LogP contribution in [0.5, 0.6) is 0 Å². The Morgan fingerprint density at radius 3 is 2.72 bits per heavy atom. The van der Waals surface area contributed by atoms with Crippen LogP contribution >= 0.6 is 23.1 Å². The number of nitrogens with zero attached hydrogens (tertiary/aromatic N) is 2. The van der Waals surface area contributed by atoms with Gasteiger partial charge in [-0.25, -0.2) is 4.79 Å². The highest BCUT2D eigenvalue weighted by Gasteiger charge is 2.37. The lowest BCUT2D eigenvalue weighted by molar-refractivity contribution is -0.122. The normalized spacial score (nSPS) is 15.5. The van der Waals surface area contributed by atoms with Gasteiger partial charge in [-0.1, -0.05) is 6.07 Å². The molecule has 0 saturated carbocycles. The number of thiophene rings is 1. The minimum Gasteiger partial charge on any atom is -0.384 e. The maximum Gasteiger partial charge on any atom is 0.330 e. The van der Waals surface area contributed by atoms with Crippen molar-refractivity contribution in [2.45, 2.75) is 6.54 Å². The van der Waals surface area contributed by atoms with Gasteiger partial charge in [-0.05, 0) is 29.3 Å². The van der Waals surface area contributed by atoms with Crippen molar-refractivity contribution in [1.82, 2.24) is 14.5 Å². The Balaban J connectivity index is 1.87. The van der Waals surface area contributed by atoms with Gasteiger partial charge in [-0.2, -0.15) is 0 Å². The van der Waals surface area contributed by atoms with Crippen molar-refractivity contribution in [2.24, 2.45) is 0 Å². The Kier molecular flexibility index (Phi) is 6.15. The summed E-state index contributed by atoms with van der Waals surface area (Å²) >= 11 is 2.10. The number of ketones is 1. The fourth-order valence-electron chi connectivity index (χ4n) is 2.62. The average molecular weight is 436 g/mol. The summed E-state index contributed by atoms with van der Waals surface area (Å²) in [5.41, 5.74) is 3.60. The highest BCUT2D eigenvalue weighted by Crippen LogP contribution is 2.33. The molecular weight excluding hydrogens is 420 g/mol. The number of H-pyrrole nitrogens is 1. The number of carbonyl (C=O) groups is 3. The Morgan fingerprint density at radius 2 is 2.07 bits per heavy atom. The second kappa shape index (κ2) is 8.59. The summed E-state index contributed by atoms with van der Waals surface area (Å²) in [5.74, 6) is -1.83. The number of methoxy groups -OCH3 is 1. The van der Waals surface area contributed by atoms with Crippen molar-refractivity contribution in [3.63, 3.8) is 0 Å². The van der Waals surface area contributed by atoms with Crippen LogP contribution in [0.3, 0.4) is 0 Å². The number of imide groups is 1. The molecule has 152 valence electrons. The second-order valence-electron chi connectivity index (χ2n) is 5.87. The number of aromatic nitrogens is 2. The van der Waals surface area contributed by atoms with Gasteiger partial charge in [0, 0.05) is 12.0 Å². The summed E-state index contributed by atoms with van der Waals surface area (Å²) in [5, 5.41) is 1.20. The monoisotopic (exact) mass is 436 g/mol.